The fourth-order valence-electron chi connectivity index (χ4n) is 2.61. The molecule has 2 bridgehead atoms. The molecule has 2 aliphatic rings. The van der Waals surface area contributed by atoms with Gasteiger partial charge in [-0.05, 0) is 26.2 Å². The molecular weight excluding hydrogens is 192 g/mol. The Labute approximate surface area is 89.5 Å². The highest BCUT2D eigenvalue weighted by molar-refractivity contribution is 6.06. The van der Waals surface area contributed by atoms with Gasteiger partial charge in [0.25, 0.3) is 0 Å². The molecule has 2 rings (SSSR count). The van der Waals surface area contributed by atoms with Crippen LogP contribution in [0.3, 0.4) is 0 Å². The Hall–Kier alpha value is -1.12. The first-order valence-electron chi connectivity index (χ1n) is 5.59. The molecule has 0 N–H and O–H groups in total. The molecule has 0 amide bonds. The van der Waals surface area contributed by atoms with E-state index in [9.17, 15) is 9.59 Å². The van der Waals surface area contributed by atoms with Gasteiger partial charge < -0.3 is 4.74 Å². The number of ketones is 1. The van der Waals surface area contributed by atoms with Crippen LogP contribution in [0, 0.1) is 11.3 Å². The van der Waals surface area contributed by atoms with Crippen molar-refractivity contribution >= 4 is 11.8 Å². The Bertz CT molecular complexity index is 319. The van der Waals surface area contributed by atoms with Gasteiger partial charge in [-0.25, -0.2) is 0 Å². The van der Waals surface area contributed by atoms with Crippen LogP contribution in [0.15, 0.2) is 12.2 Å². The highest BCUT2D eigenvalue weighted by Gasteiger charge is 2.51. The van der Waals surface area contributed by atoms with Crippen LogP contribution < -0.4 is 0 Å². The van der Waals surface area contributed by atoms with Gasteiger partial charge in [0.15, 0.2) is 5.78 Å². The first kappa shape index (κ1) is 10.4. The summed E-state index contributed by atoms with van der Waals surface area (Å²) in [5.74, 6) is -0.282. The lowest BCUT2D eigenvalue weighted by atomic mass is 9.64. The van der Waals surface area contributed by atoms with Gasteiger partial charge in [-0.1, -0.05) is 18.6 Å². The van der Waals surface area contributed by atoms with Crippen LogP contribution in [-0.4, -0.2) is 18.4 Å². The number of fused-ring (bicyclic) bond motifs is 2. The number of hydrogen-bond donors (Lipinski definition) is 0. The van der Waals surface area contributed by atoms with Crippen molar-refractivity contribution in [2.75, 3.05) is 6.61 Å². The van der Waals surface area contributed by atoms with E-state index in [0.29, 0.717) is 19.4 Å². The molecule has 15 heavy (non-hydrogen) atoms. The largest absolute Gasteiger partial charge is 0.465 e. The van der Waals surface area contributed by atoms with Crippen LogP contribution in [0.2, 0.25) is 0 Å². The monoisotopic (exact) mass is 208 g/mol. The van der Waals surface area contributed by atoms with E-state index >= 15 is 0 Å². The molecule has 2 aliphatic carbocycles. The zero-order valence-electron chi connectivity index (χ0n) is 8.99. The summed E-state index contributed by atoms with van der Waals surface area (Å²) < 4.78 is 5.03. The quantitative estimate of drug-likeness (QED) is 0.395. The fraction of sp³-hybridized carbons (Fsp3) is 0.667. The number of carbonyl (C=O) groups is 2. The van der Waals surface area contributed by atoms with Crippen molar-refractivity contribution in [2.45, 2.75) is 32.6 Å². The molecule has 1 fully saturated rings. The van der Waals surface area contributed by atoms with Crippen molar-refractivity contribution in [3.63, 3.8) is 0 Å². The second-order valence-corrected chi connectivity index (χ2v) is 4.30. The molecule has 0 spiro atoms. The molecule has 0 saturated heterocycles. The average Bonchev–Trinajstić information content (AvgIpc) is 2.18. The van der Waals surface area contributed by atoms with Gasteiger partial charge in [0.05, 0.1) is 6.61 Å². The summed E-state index contributed by atoms with van der Waals surface area (Å²) in [6.45, 7) is 2.13. The number of esters is 1. The van der Waals surface area contributed by atoms with E-state index in [4.69, 9.17) is 4.74 Å². The molecular formula is C12H16O3. The van der Waals surface area contributed by atoms with E-state index in [1.54, 1.807) is 6.92 Å². The molecule has 0 aromatic rings. The maximum atomic E-state index is 12.1. The molecule has 2 atom stereocenters. The maximum Gasteiger partial charge on any atom is 0.319 e. The molecule has 2 unspecified atom stereocenters. The molecule has 0 aromatic heterocycles. The van der Waals surface area contributed by atoms with E-state index in [2.05, 4.69) is 0 Å². The first-order chi connectivity index (χ1) is 7.20. The molecule has 3 heteroatoms. The average molecular weight is 208 g/mol. The van der Waals surface area contributed by atoms with E-state index < -0.39 is 5.41 Å². The van der Waals surface area contributed by atoms with Crippen molar-refractivity contribution in [3.05, 3.63) is 12.2 Å². The summed E-state index contributed by atoms with van der Waals surface area (Å²) in [4.78, 5) is 24.0. The summed E-state index contributed by atoms with van der Waals surface area (Å²) in [6.07, 6.45) is 6.92. The number of Topliss-reactive ketones (excluding diaryl/α,β-unsaturated/α-hetero) is 1. The molecule has 82 valence electrons. The lowest BCUT2D eigenvalue weighted by Crippen LogP contribution is -2.47. The minimum atomic E-state index is -0.840. The van der Waals surface area contributed by atoms with Crippen molar-refractivity contribution in [1.82, 2.24) is 0 Å². The van der Waals surface area contributed by atoms with Gasteiger partial charge in [0, 0.05) is 5.92 Å². The molecule has 0 heterocycles. The summed E-state index contributed by atoms with van der Waals surface area (Å²) >= 11 is 0. The molecule has 1 saturated carbocycles. The smallest absolute Gasteiger partial charge is 0.319 e. The lowest BCUT2D eigenvalue weighted by Gasteiger charge is -2.38. The van der Waals surface area contributed by atoms with E-state index in [1.807, 2.05) is 12.2 Å². The van der Waals surface area contributed by atoms with Crippen LogP contribution >= 0.6 is 0 Å². The predicted octanol–water partition coefficient (Wildman–Crippen LogP) is 1.86. The molecule has 3 nitrogen and oxygen atoms in total. The maximum absolute atomic E-state index is 12.1. The highest BCUT2D eigenvalue weighted by atomic mass is 16.5. The SMILES string of the molecule is CCOC(=O)C12CC=CC(CCC1)C2=O. The van der Waals surface area contributed by atoms with E-state index in [1.165, 1.54) is 0 Å². The second kappa shape index (κ2) is 3.80. The van der Waals surface area contributed by atoms with Crippen molar-refractivity contribution in [2.24, 2.45) is 11.3 Å². The third kappa shape index (κ3) is 1.50. The van der Waals surface area contributed by atoms with Gasteiger partial charge in [-0.2, -0.15) is 0 Å². The molecule has 0 aliphatic heterocycles. The standard InChI is InChI=1S/C12H16O3/c1-2-15-11(14)12-7-3-5-9(10(12)13)6-4-8-12/h3,5,9H,2,4,6-8H2,1H3. The van der Waals surface area contributed by atoms with Crippen molar-refractivity contribution in [1.29, 1.82) is 0 Å². The van der Waals surface area contributed by atoms with E-state index in [-0.39, 0.29) is 17.7 Å². The summed E-state index contributed by atoms with van der Waals surface area (Å²) in [6, 6.07) is 0. The Balaban J connectivity index is 2.28. The Morgan fingerprint density at radius 3 is 3.20 bits per heavy atom. The van der Waals surface area contributed by atoms with Gasteiger partial charge >= 0.3 is 5.97 Å². The van der Waals surface area contributed by atoms with Crippen LogP contribution in [-0.2, 0) is 14.3 Å². The van der Waals surface area contributed by atoms with Crippen LogP contribution in [0.1, 0.15) is 32.6 Å². The van der Waals surface area contributed by atoms with Crippen LogP contribution in [0.4, 0.5) is 0 Å². The zero-order valence-corrected chi connectivity index (χ0v) is 8.99. The highest BCUT2D eigenvalue weighted by Crippen LogP contribution is 2.43. The normalized spacial score (nSPS) is 33.9. The minimum Gasteiger partial charge on any atom is -0.465 e. The Morgan fingerprint density at radius 2 is 2.47 bits per heavy atom. The topological polar surface area (TPSA) is 43.4 Å². The number of allylic oxidation sites excluding steroid dienone is 2. The fourth-order valence-corrected chi connectivity index (χ4v) is 2.61. The summed E-state index contributed by atoms with van der Waals surface area (Å²) in [5.41, 5.74) is -0.840. The van der Waals surface area contributed by atoms with Gasteiger partial charge in [0.1, 0.15) is 5.41 Å². The number of carbonyl (C=O) groups excluding carboxylic acids is 2. The van der Waals surface area contributed by atoms with Crippen LogP contribution in [0.25, 0.3) is 0 Å². The second-order valence-electron chi connectivity index (χ2n) is 4.30. The van der Waals surface area contributed by atoms with Gasteiger partial charge in [-0.15, -0.1) is 0 Å². The minimum absolute atomic E-state index is 0.0445. The summed E-state index contributed by atoms with van der Waals surface area (Å²) in [5, 5.41) is 0. The summed E-state index contributed by atoms with van der Waals surface area (Å²) in [7, 11) is 0. The number of ether oxygens (including phenoxy) is 1. The van der Waals surface area contributed by atoms with Crippen molar-refractivity contribution in [3.8, 4) is 0 Å². The van der Waals surface area contributed by atoms with Gasteiger partial charge in [0.2, 0.25) is 0 Å². The third-order valence-corrected chi connectivity index (χ3v) is 3.43. The Kier molecular flexibility index (Phi) is 2.63. The number of rotatable bonds is 2. The van der Waals surface area contributed by atoms with E-state index in [0.717, 1.165) is 12.8 Å². The first-order valence-corrected chi connectivity index (χ1v) is 5.59. The predicted molar refractivity (Wildman–Crippen MR) is 55.2 cm³/mol. The van der Waals surface area contributed by atoms with Crippen molar-refractivity contribution < 1.29 is 14.3 Å². The van der Waals surface area contributed by atoms with Gasteiger partial charge in [-0.3, -0.25) is 9.59 Å². The zero-order chi connectivity index (χ0) is 10.9. The molecule has 0 aromatic carbocycles. The molecule has 0 radical (unpaired) electrons. The van der Waals surface area contributed by atoms with Crippen LogP contribution in [0.5, 0.6) is 0 Å². The lowest BCUT2D eigenvalue weighted by molar-refractivity contribution is -0.163. The third-order valence-electron chi connectivity index (χ3n) is 3.43. The Morgan fingerprint density at radius 1 is 1.67 bits per heavy atom. The number of hydrogen-bond acceptors (Lipinski definition) is 3.